The third-order valence-corrected chi connectivity index (χ3v) is 4.33. The fourth-order valence-electron chi connectivity index (χ4n) is 2.88. The van der Waals surface area contributed by atoms with Crippen LogP contribution in [-0.4, -0.2) is 34.8 Å². The SMILES string of the molecule is CCN(CC)C(=O)c1ccc(NC(=O)c2ccnc3ccccc23)cc1. The minimum atomic E-state index is -0.202. The van der Waals surface area contributed by atoms with Crippen LogP contribution >= 0.6 is 0 Å². The van der Waals surface area contributed by atoms with Crippen LogP contribution < -0.4 is 5.32 Å². The van der Waals surface area contributed by atoms with Crippen LogP contribution in [-0.2, 0) is 0 Å². The Morgan fingerprint density at radius 2 is 1.65 bits per heavy atom. The van der Waals surface area contributed by atoms with Crippen molar-refractivity contribution in [3.05, 3.63) is 71.9 Å². The van der Waals surface area contributed by atoms with Crippen molar-refractivity contribution in [1.29, 1.82) is 0 Å². The van der Waals surface area contributed by atoms with Crippen molar-refractivity contribution < 1.29 is 9.59 Å². The second kappa shape index (κ2) is 7.78. The van der Waals surface area contributed by atoms with E-state index < -0.39 is 0 Å². The molecular formula is C21H21N3O2. The molecule has 1 aromatic heterocycles. The number of benzene rings is 2. The third kappa shape index (κ3) is 3.57. The van der Waals surface area contributed by atoms with Gasteiger partial charge in [0.2, 0.25) is 0 Å². The van der Waals surface area contributed by atoms with Gasteiger partial charge in [-0.2, -0.15) is 0 Å². The highest BCUT2D eigenvalue weighted by molar-refractivity contribution is 6.12. The molecular weight excluding hydrogens is 326 g/mol. The molecule has 0 radical (unpaired) electrons. The van der Waals surface area contributed by atoms with E-state index >= 15 is 0 Å². The molecule has 2 amide bonds. The molecule has 1 heterocycles. The lowest BCUT2D eigenvalue weighted by molar-refractivity contribution is 0.0773. The number of amides is 2. The van der Waals surface area contributed by atoms with Crippen LogP contribution in [0.1, 0.15) is 34.6 Å². The van der Waals surface area contributed by atoms with Crippen LogP contribution in [0.4, 0.5) is 5.69 Å². The van der Waals surface area contributed by atoms with Gasteiger partial charge in [-0.1, -0.05) is 18.2 Å². The van der Waals surface area contributed by atoms with E-state index in [0.717, 1.165) is 10.9 Å². The predicted molar refractivity (Wildman–Crippen MR) is 103 cm³/mol. The van der Waals surface area contributed by atoms with E-state index in [1.807, 2.05) is 38.1 Å². The summed E-state index contributed by atoms with van der Waals surface area (Å²) >= 11 is 0. The first-order valence-corrected chi connectivity index (χ1v) is 8.68. The summed E-state index contributed by atoms with van der Waals surface area (Å²) < 4.78 is 0. The fourth-order valence-corrected chi connectivity index (χ4v) is 2.88. The second-order valence-electron chi connectivity index (χ2n) is 5.88. The summed E-state index contributed by atoms with van der Waals surface area (Å²) in [6.07, 6.45) is 1.63. The molecule has 3 aromatic rings. The Balaban J connectivity index is 1.78. The lowest BCUT2D eigenvalue weighted by Crippen LogP contribution is -2.30. The summed E-state index contributed by atoms with van der Waals surface area (Å²) in [6, 6.07) is 16.2. The van der Waals surface area contributed by atoms with Gasteiger partial charge in [0.1, 0.15) is 0 Å². The fraction of sp³-hybridized carbons (Fsp3) is 0.190. The van der Waals surface area contributed by atoms with Crippen molar-refractivity contribution in [2.45, 2.75) is 13.8 Å². The maximum atomic E-state index is 12.6. The molecule has 0 spiro atoms. The molecule has 0 saturated heterocycles. The van der Waals surface area contributed by atoms with Gasteiger partial charge in [-0.15, -0.1) is 0 Å². The van der Waals surface area contributed by atoms with Gasteiger partial charge in [-0.3, -0.25) is 14.6 Å². The van der Waals surface area contributed by atoms with E-state index in [-0.39, 0.29) is 11.8 Å². The number of para-hydroxylation sites is 1. The summed E-state index contributed by atoms with van der Waals surface area (Å²) in [5.41, 5.74) is 2.60. The molecule has 0 aliphatic heterocycles. The highest BCUT2D eigenvalue weighted by Crippen LogP contribution is 2.18. The van der Waals surface area contributed by atoms with E-state index in [4.69, 9.17) is 0 Å². The molecule has 0 aliphatic rings. The molecule has 0 atom stereocenters. The molecule has 1 N–H and O–H groups in total. The summed E-state index contributed by atoms with van der Waals surface area (Å²) in [4.78, 5) is 31.0. The number of nitrogens with one attached hydrogen (secondary N) is 1. The van der Waals surface area contributed by atoms with Crippen LogP contribution in [0.25, 0.3) is 10.9 Å². The number of hydrogen-bond acceptors (Lipinski definition) is 3. The van der Waals surface area contributed by atoms with Crippen molar-refractivity contribution in [3.63, 3.8) is 0 Å². The number of carbonyl (C=O) groups is 2. The molecule has 0 unspecified atom stereocenters. The average molecular weight is 347 g/mol. The van der Waals surface area contributed by atoms with Gasteiger partial charge in [0.15, 0.2) is 0 Å². The van der Waals surface area contributed by atoms with Crippen molar-refractivity contribution in [2.24, 2.45) is 0 Å². The molecule has 0 fully saturated rings. The zero-order valence-corrected chi connectivity index (χ0v) is 14.9. The topological polar surface area (TPSA) is 62.3 Å². The molecule has 3 rings (SSSR count). The van der Waals surface area contributed by atoms with Crippen molar-refractivity contribution in [2.75, 3.05) is 18.4 Å². The first-order chi connectivity index (χ1) is 12.6. The largest absolute Gasteiger partial charge is 0.339 e. The number of nitrogens with zero attached hydrogens (tertiary/aromatic N) is 2. The van der Waals surface area contributed by atoms with Crippen LogP contribution in [0.3, 0.4) is 0 Å². The number of anilines is 1. The highest BCUT2D eigenvalue weighted by atomic mass is 16.2. The zero-order valence-electron chi connectivity index (χ0n) is 14.9. The quantitative estimate of drug-likeness (QED) is 0.760. The zero-order chi connectivity index (χ0) is 18.5. The van der Waals surface area contributed by atoms with Crippen LogP contribution in [0.5, 0.6) is 0 Å². The van der Waals surface area contributed by atoms with Crippen LogP contribution in [0.2, 0.25) is 0 Å². The molecule has 26 heavy (non-hydrogen) atoms. The lowest BCUT2D eigenvalue weighted by Gasteiger charge is -2.18. The third-order valence-electron chi connectivity index (χ3n) is 4.33. The smallest absolute Gasteiger partial charge is 0.256 e. The summed E-state index contributed by atoms with van der Waals surface area (Å²) in [6.45, 7) is 5.25. The molecule has 0 bridgehead atoms. The monoisotopic (exact) mass is 347 g/mol. The normalized spacial score (nSPS) is 10.5. The number of pyridine rings is 1. The maximum Gasteiger partial charge on any atom is 0.256 e. The maximum absolute atomic E-state index is 12.6. The number of carbonyl (C=O) groups excluding carboxylic acids is 2. The predicted octanol–water partition coefficient (Wildman–Crippen LogP) is 3.97. The van der Waals surface area contributed by atoms with E-state index in [0.29, 0.717) is 29.9 Å². The first-order valence-electron chi connectivity index (χ1n) is 8.68. The van der Waals surface area contributed by atoms with E-state index in [2.05, 4.69) is 10.3 Å². The summed E-state index contributed by atoms with van der Waals surface area (Å²) in [5.74, 6) is -0.209. The molecule has 5 heteroatoms. The molecule has 0 aliphatic carbocycles. The van der Waals surface area contributed by atoms with E-state index in [1.165, 1.54) is 0 Å². The number of fused-ring (bicyclic) bond motifs is 1. The second-order valence-corrected chi connectivity index (χ2v) is 5.88. The van der Waals surface area contributed by atoms with Gasteiger partial charge in [-0.05, 0) is 50.2 Å². The Labute approximate surface area is 152 Å². The van der Waals surface area contributed by atoms with Gasteiger partial charge in [0.25, 0.3) is 11.8 Å². The van der Waals surface area contributed by atoms with Crippen molar-refractivity contribution >= 4 is 28.4 Å². The van der Waals surface area contributed by atoms with Crippen molar-refractivity contribution in [3.8, 4) is 0 Å². The standard InChI is InChI=1S/C21H21N3O2/c1-3-24(4-2)21(26)15-9-11-16(12-10-15)23-20(25)18-13-14-22-19-8-6-5-7-17(18)19/h5-14H,3-4H2,1-2H3,(H,23,25). The molecule has 132 valence electrons. The Morgan fingerprint density at radius 3 is 2.35 bits per heavy atom. The average Bonchev–Trinajstić information content (AvgIpc) is 2.69. The minimum Gasteiger partial charge on any atom is -0.339 e. The highest BCUT2D eigenvalue weighted by Gasteiger charge is 2.13. The molecule has 2 aromatic carbocycles. The van der Waals surface area contributed by atoms with Crippen molar-refractivity contribution in [1.82, 2.24) is 9.88 Å². The van der Waals surface area contributed by atoms with Gasteiger partial charge >= 0.3 is 0 Å². The Morgan fingerprint density at radius 1 is 0.962 bits per heavy atom. The Hall–Kier alpha value is -3.21. The number of rotatable bonds is 5. The molecule has 5 nitrogen and oxygen atoms in total. The van der Waals surface area contributed by atoms with Gasteiger partial charge in [0.05, 0.1) is 11.1 Å². The van der Waals surface area contributed by atoms with Crippen LogP contribution in [0, 0.1) is 0 Å². The van der Waals surface area contributed by atoms with E-state index in [9.17, 15) is 9.59 Å². The van der Waals surface area contributed by atoms with Crippen LogP contribution in [0.15, 0.2) is 60.8 Å². The lowest BCUT2D eigenvalue weighted by atomic mass is 10.1. The van der Waals surface area contributed by atoms with Gasteiger partial charge < -0.3 is 10.2 Å². The van der Waals surface area contributed by atoms with E-state index in [1.54, 1.807) is 41.4 Å². The Kier molecular flexibility index (Phi) is 5.27. The van der Waals surface area contributed by atoms with Gasteiger partial charge in [0, 0.05) is 35.9 Å². The van der Waals surface area contributed by atoms with Gasteiger partial charge in [-0.25, -0.2) is 0 Å². The minimum absolute atomic E-state index is 0.00648. The first kappa shape index (κ1) is 17.6. The number of aromatic nitrogens is 1. The number of hydrogen-bond donors (Lipinski definition) is 1. The Bertz CT molecular complexity index is 926. The summed E-state index contributed by atoms with van der Waals surface area (Å²) in [5, 5.41) is 3.69. The molecule has 0 saturated carbocycles. The summed E-state index contributed by atoms with van der Waals surface area (Å²) in [7, 11) is 0.